The first kappa shape index (κ1) is 30.4. The van der Waals surface area contributed by atoms with Crippen LogP contribution in [0.1, 0.15) is 27.6 Å². The number of nitrogen functional groups attached to an aromatic ring is 2. The molecule has 4 aromatic rings. The van der Waals surface area contributed by atoms with Crippen molar-refractivity contribution in [3.63, 3.8) is 0 Å². The maximum absolute atomic E-state index is 5.91. The number of hydrogen-bond acceptors (Lipinski definition) is 10. The van der Waals surface area contributed by atoms with Crippen LogP contribution in [0.4, 0.5) is 11.5 Å². The summed E-state index contributed by atoms with van der Waals surface area (Å²) in [5.41, 5.74) is 17.1. The average Bonchev–Trinajstić information content (AvgIpc) is 3.56. The molecule has 6 N–H and O–H groups in total. The Hall–Kier alpha value is -3.51. The van der Waals surface area contributed by atoms with Gasteiger partial charge in [0, 0.05) is 41.7 Å². The van der Waals surface area contributed by atoms with Crippen molar-refractivity contribution >= 4 is 51.3 Å². The highest BCUT2D eigenvalue weighted by atomic mass is 32.1. The highest BCUT2D eigenvalue weighted by Gasteiger charge is 2.17. The first-order valence-electron chi connectivity index (χ1n) is 13.0. The summed E-state index contributed by atoms with van der Waals surface area (Å²) in [7, 11) is 4.66. The zero-order valence-corrected chi connectivity index (χ0v) is 26.4. The summed E-state index contributed by atoms with van der Waals surface area (Å²) >= 11 is 5.12. The largest absolute Gasteiger partial charge is 0.493 e. The molecule has 11 heteroatoms. The van der Waals surface area contributed by atoms with Crippen LogP contribution >= 0.6 is 34.2 Å². The first-order chi connectivity index (χ1) is 19.7. The second kappa shape index (κ2) is 13.9. The van der Waals surface area contributed by atoms with Gasteiger partial charge in [0.15, 0.2) is 11.5 Å². The smallest absolute Gasteiger partial charge is 0.203 e. The van der Waals surface area contributed by atoms with Crippen LogP contribution in [-0.2, 0) is 6.42 Å². The summed E-state index contributed by atoms with van der Waals surface area (Å²) in [5, 5.41) is 7.00. The Bertz CT molecular complexity index is 1520. The van der Waals surface area contributed by atoms with E-state index in [2.05, 4.69) is 64.8 Å². The Morgan fingerprint density at radius 2 is 1.85 bits per heavy atom. The fraction of sp³-hybridized carbons (Fsp3) is 0.300. The molecular weight excluding hydrogens is 575 g/mol. The molecule has 0 fully saturated rings. The minimum absolute atomic E-state index is 0.327. The molecular formula is C30H37N5O3S3. The summed E-state index contributed by atoms with van der Waals surface area (Å²) < 4.78 is 18.3. The standard InChI is InChI=1S/C21H24N4S3.C9H13NO3/c1-12(7-18-13(2)24-14(3)27-18)10-23-17-6-4-5-15(8-17)16-9-19(26-11-16)20-21(22)25-28-20;1-11-7-4-6(10)5-8(12-2)9(7)13-3/h4-6,9,11,17,23,25H,1,7-8,10,22H2,2-3H3;4-5H,10H2,1-3H3. The lowest BCUT2D eigenvalue weighted by Crippen LogP contribution is -2.30. The molecule has 0 saturated carbocycles. The fourth-order valence-corrected chi connectivity index (χ4v) is 7.05. The van der Waals surface area contributed by atoms with E-state index in [9.17, 15) is 0 Å². The van der Waals surface area contributed by atoms with Crippen LogP contribution in [0.2, 0.25) is 0 Å². The number of aryl methyl sites for hydroxylation is 2. The van der Waals surface area contributed by atoms with Gasteiger partial charge < -0.3 is 31.0 Å². The molecule has 41 heavy (non-hydrogen) atoms. The summed E-state index contributed by atoms with van der Waals surface area (Å²) in [6, 6.07) is 5.94. The van der Waals surface area contributed by atoms with Crippen molar-refractivity contribution < 1.29 is 14.2 Å². The van der Waals surface area contributed by atoms with Crippen LogP contribution in [0.3, 0.4) is 0 Å². The van der Waals surface area contributed by atoms with Crippen molar-refractivity contribution in [3.05, 3.63) is 75.1 Å². The van der Waals surface area contributed by atoms with Gasteiger partial charge in [-0.3, -0.25) is 4.37 Å². The van der Waals surface area contributed by atoms with Crippen molar-refractivity contribution in [1.82, 2.24) is 14.7 Å². The Labute approximate surface area is 253 Å². The Morgan fingerprint density at radius 3 is 2.41 bits per heavy atom. The summed E-state index contributed by atoms with van der Waals surface area (Å²) in [4.78, 5) is 8.23. The quantitative estimate of drug-likeness (QED) is 0.114. The number of methoxy groups -OCH3 is 3. The van der Waals surface area contributed by atoms with Gasteiger partial charge in [-0.1, -0.05) is 41.9 Å². The number of H-pyrrole nitrogens is 1. The van der Waals surface area contributed by atoms with Gasteiger partial charge in [-0.05, 0) is 42.9 Å². The number of anilines is 2. The summed E-state index contributed by atoms with van der Waals surface area (Å²) in [6.07, 6.45) is 8.49. The van der Waals surface area contributed by atoms with E-state index in [0.29, 0.717) is 29.0 Å². The molecule has 0 aliphatic heterocycles. The Morgan fingerprint density at radius 1 is 1.12 bits per heavy atom. The molecule has 0 amide bonds. The van der Waals surface area contributed by atoms with Crippen molar-refractivity contribution in [3.8, 4) is 27.0 Å². The number of hydrogen-bond donors (Lipinski definition) is 4. The third kappa shape index (κ3) is 7.62. The summed E-state index contributed by atoms with van der Waals surface area (Å²) in [5.74, 6) is 2.47. The minimum Gasteiger partial charge on any atom is -0.493 e. The van der Waals surface area contributed by atoms with Crippen molar-refractivity contribution in [2.45, 2.75) is 32.7 Å². The molecule has 0 saturated heterocycles. The SMILES string of the molecule is C=C(CNC1C=CC=C(c2csc(-c3s[nH]c3N)c2)C1)Cc1sc(C)nc1C.COc1cc(N)cc(OC)c1OC. The van der Waals surface area contributed by atoms with Crippen LogP contribution in [0, 0.1) is 13.8 Å². The number of ether oxygens (including phenoxy) is 3. The van der Waals surface area contributed by atoms with Gasteiger partial charge in [0.05, 0.1) is 36.9 Å². The highest BCUT2D eigenvalue weighted by molar-refractivity contribution is 7.20. The van der Waals surface area contributed by atoms with Gasteiger partial charge in [0.25, 0.3) is 0 Å². The van der Waals surface area contributed by atoms with Crippen LogP contribution in [0.15, 0.2) is 54.0 Å². The maximum atomic E-state index is 5.91. The number of allylic oxidation sites excluding steroid dienone is 2. The van der Waals surface area contributed by atoms with Crippen molar-refractivity contribution in [1.29, 1.82) is 0 Å². The zero-order chi connectivity index (χ0) is 29.5. The Balaban J connectivity index is 0.000000251. The molecule has 8 nitrogen and oxygen atoms in total. The number of nitrogens with one attached hydrogen (secondary N) is 2. The van der Waals surface area contributed by atoms with E-state index in [1.54, 1.807) is 67.7 Å². The second-order valence-corrected chi connectivity index (χ2v) is 12.6. The topological polar surface area (TPSA) is 120 Å². The molecule has 1 aromatic carbocycles. The van der Waals surface area contributed by atoms with Gasteiger partial charge in [-0.25, -0.2) is 4.98 Å². The predicted octanol–water partition coefficient (Wildman–Crippen LogP) is 6.86. The molecule has 218 valence electrons. The number of nitrogens with two attached hydrogens (primary N) is 2. The van der Waals surface area contributed by atoms with Gasteiger partial charge in [0.1, 0.15) is 10.7 Å². The highest BCUT2D eigenvalue weighted by Crippen LogP contribution is 2.40. The lowest BCUT2D eigenvalue weighted by Gasteiger charge is -2.20. The third-order valence-corrected chi connectivity index (χ3v) is 9.61. The van der Waals surface area contributed by atoms with E-state index in [-0.39, 0.29) is 0 Å². The number of benzene rings is 1. The van der Waals surface area contributed by atoms with E-state index >= 15 is 0 Å². The molecule has 0 bridgehead atoms. The van der Waals surface area contributed by atoms with E-state index in [4.69, 9.17) is 25.7 Å². The maximum Gasteiger partial charge on any atom is 0.203 e. The Kier molecular flexibility index (Phi) is 10.3. The average molecular weight is 612 g/mol. The van der Waals surface area contributed by atoms with E-state index in [1.807, 2.05) is 0 Å². The second-order valence-electron chi connectivity index (χ2n) is 9.54. The van der Waals surface area contributed by atoms with Crippen LogP contribution < -0.4 is 31.0 Å². The minimum atomic E-state index is 0.327. The molecule has 1 aliphatic carbocycles. The molecule has 3 heterocycles. The number of thiazole rings is 1. The predicted molar refractivity (Wildman–Crippen MR) is 175 cm³/mol. The van der Waals surface area contributed by atoms with Crippen LogP contribution in [-0.4, -0.2) is 43.3 Å². The molecule has 0 radical (unpaired) electrons. The third-order valence-electron chi connectivity index (χ3n) is 6.49. The number of aromatic amines is 1. The van der Waals surface area contributed by atoms with Crippen LogP contribution in [0.25, 0.3) is 15.3 Å². The molecule has 0 spiro atoms. The lowest BCUT2D eigenvalue weighted by molar-refractivity contribution is 0.325. The number of thiophene rings is 1. The van der Waals surface area contributed by atoms with E-state index in [1.165, 1.54) is 26.5 Å². The van der Waals surface area contributed by atoms with Gasteiger partial charge >= 0.3 is 0 Å². The first-order valence-corrected chi connectivity index (χ1v) is 15.5. The number of rotatable bonds is 10. The molecule has 1 unspecified atom stereocenters. The molecule has 1 atom stereocenters. The van der Waals surface area contributed by atoms with Gasteiger partial charge in [-0.15, -0.1) is 22.7 Å². The van der Waals surface area contributed by atoms with Crippen LogP contribution in [0.5, 0.6) is 17.2 Å². The van der Waals surface area contributed by atoms with Crippen molar-refractivity contribution in [2.75, 3.05) is 39.3 Å². The number of nitrogens with zero attached hydrogens (tertiary/aromatic N) is 1. The molecule has 1 aliphatic rings. The number of aromatic nitrogens is 2. The van der Waals surface area contributed by atoms with Gasteiger partial charge in [0.2, 0.25) is 5.75 Å². The van der Waals surface area contributed by atoms with E-state index in [0.717, 1.165) is 40.8 Å². The normalized spacial score (nSPS) is 14.3. The van der Waals surface area contributed by atoms with E-state index < -0.39 is 0 Å². The molecule has 5 rings (SSSR count). The fourth-order valence-electron chi connectivity index (χ4n) is 4.40. The monoisotopic (exact) mass is 611 g/mol. The van der Waals surface area contributed by atoms with Gasteiger partial charge in [-0.2, -0.15) is 0 Å². The summed E-state index contributed by atoms with van der Waals surface area (Å²) in [6.45, 7) is 9.22. The molecule has 3 aromatic heterocycles. The van der Waals surface area contributed by atoms with Crippen molar-refractivity contribution in [2.24, 2.45) is 0 Å². The lowest BCUT2D eigenvalue weighted by atomic mass is 9.95. The zero-order valence-electron chi connectivity index (χ0n) is 24.0.